The van der Waals surface area contributed by atoms with E-state index in [-0.39, 0.29) is 11.5 Å². The molecule has 2 rings (SSSR count). The van der Waals surface area contributed by atoms with E-state index in [1.165, 1.54) is 44.9 Å². The summed E-state index contributed by atoms with van der Waals surface area (Å²) in [4.78, 5) is 0. The minimum atomic E-state index is -0.0986. The van der Waals surface area contributed by atoms with Gasteiger partial charge in [-0.1, -0.05) is 46.0 Å². The lowest BCUT2D eigenvalue weighted by Crippen LogP contribution is -2.61. The van der Waals surface area contributed by atoms with E-state index in [9.17, 15) is 5.11 Å². The van der Waals surface area contributed by atoms with Crippen LogP contribution in [0.4, 0.5) is 0 Å². The molecule has 2 heteroatoms. The first-order valence-corrected chi connectivity index (χ1v) is 7.05. The van der Waals surface area contributed by atoms with Gasteiger partial charge in [-0.25, -0.2) is 0 Å². The lowest BCUT2D eigenvalue weighted by atomic mass is 9.64. The highest BCUT2D eigenvalue weighted by Gasteiger charge is 2.47. The van der Waals surface area contributed by atoms with Crippen LogP contribution in [0.5, 0.6) is 0 Å². The Hall–Kier alpha value is -0.0800. The molecule has 2 aliphatic rings. The molecule has 2 atom stereocenters. The summed E-state index contributed by atoms with van der Waals surface area (Å²) in [5.41, 5.74) is 0.0857. The molecule has 16 heavy (non-hydrogen) atoms. The summed E-state index contributed by atoms with van der Waals surface area (Å²) in [5, 5.41) is 13.5. The summed E-state index contributed by atoms with van der Waals surface area (Å²) in [6, 6.07) is 1.24. The minimum absolute atomic E-state index is 0.0857. The average molecular weight is 225 g/mol. The summed E-state index contributed by atoms with van der Waals surface area (Å²) < 4.78 is 0. The van der Waals surface area contributed by atoms with Gasteiger partial charge in [-0.05, 0) is 19.3 Å². The van der Waals surface area contributed by atoms with Gasteiger partial charge in [-0.2, -0.15) is 0 Å². The van der Waals surface area contributed by atoms with Crippen molar-refractivity contribution in [2.45, 2.75) is 83.4 Å². The van der Waals surface area contributed by atoms with Crippen LogP contribution in [0.25, 0.3) is 0 Å². The van der Waals surface area contributed by atoms with E-state index in [1.54, 1.807) is 0 Å². The zero-order valence-corrected chi connectivity index (χ0v) is 10.8. The van der Waals surface area contributed by atoms with Gasteiger partial charge in [0, 0.05) is 17.5 Å². The Balaban J connectivity index is 1.80. The van der Waals surface area contributed by atoms with Crippen molar-refractivity contribution in [3.63, 3.8) is 0 Å². The predicted octanol–water partition coefficient (Wildman–Crippen LogP) is 2.85. The molecule has 94 valence electrons. The lowest BCUT2D eigenvalue weighted by Gasteiger charge is -2.51. The highest BCUT2D eigenvalue weighted by molar-refractivity contribution is 5.02. The standard InChI is InChI=1S/C14H27NO/c1-14(2)12(10-13(14)16)15-11-8-6-4-3-5-7-9-11/h11-13,15-16H,3-10H2,1-2H3. The monoisotopic (exact) mass is 225 g/mol. The molecule has 0 saturated heterocycles. The second kappa shape index (κ2) is 5.05. The smallest absolute Gasteiger partial charge is 0.0621 e. The Labute approximate surface area is 99.8 Å². The molecule has 2 N–H and O–H groups in total. The van der Waals surface area contributed by atoms with Gasteiger partial charge >= 0.3 is 0 Å². The third-order valence-corrected chi connectivity index (χ3v) is 4.76. The molecule has 2 fully saturated rings. The van der Waals surface area contributed by atoms with Crippen molar-refractivity contribution in [3.8, 4) is 0 Å². The first-order chi connectivity index (χ1) is 7.60. The fraction of sp³-hybridized carbons (Fsp3) is 1.00. The number of rotatable bonds is 2. The molecule has 2 aliphatic carbocycles. The van der Waals surface area contributed by atoms with E-state index < -0.39 is 0 Å². The summed E-state index contributed by atoms with van der Waals surface area (Å²) in [6.07, 6.45) is 10.5. The molecular weight excluding hydrogens is 198 g/mol. The van der Waals surface area contributed by atoms with Gasteiger partial charge in [0.2, 0.25) is 0 Å². The van der Waals surface area contributed by atoms with Gasteiger partial charge in [0.1, 0.15) is 0 Å². The fourth-order valence-corrected chi connectivity index (χ4v) is 3.09. The van der Waals surface area contributed by atoms with Crippen LogP contribution in [-0.4, -0.2) is 23.3 Å². The van der Waals surface area contributed by atoms with Crippen molar-refractivity contribution >= 4 is 0 Å². The third kappa shape index (κ3) is 2.60. The van der Waals surface area contributed by atoms with Gasteiger partial charge in [0.25, 0.3) is 0 Å². The van der Waals surface area contributed by atoms with Crippen LogP contribution in [0, 0.1) is 5.41 Å². The van der Waals surface area contributed by atoms with E-state index in [2.05, 4.69) is 19.2 Å². The molecular formula is C14H27NO. The summed E-state index contributed by atoms with van der Waals surface area (Å²) in [6.45, 7) is 4.36. The van der Waals surface area contributed by atoms with Gasteiger partial charge < -0.3 is 10.4 Å². The fourth-order valence-electron chi connectivity index (χ4n) is 3.09. The molecule has 0 amide bonds. The van der Waals surface area contributed by atoms with Crippen LogP contribution >= 0.6 is 0 Å². The molecule has 0 spiro atoms. The van der Waals surface area contributed by atoms with Crippen LogP contribution in [0.2, 0.25) is 0 Å². The Morgan fingerprint density at radius 1 is 1.00 bits per heavy atom. The van der Waals surface area contributed by atoms with Gasteiger partial charge in [-0.15, -0.1) is 0 Å². The largest absolute Gasteiger partial charge is 0.392 e. The minimum Gasteiger partial charge on any atom is -0.392 e. The van der Waals surface area contributed by atoms with Crippen molar-refractivity contribution in [3.05, 3.63) is 0 Å². The topological polar surface area (TPSA) is 32.3 Å². The van der Waals surface area contributed by atoms with Crippen LogP contribution in [-0.2, 0) is 0 Å². The first kappa shape index (κ1) is 12.4. The maximum atomic E-state index is 9.74. The molecule has 0 heterocycles. The van der Waals surface area contributed by atoms with Crippen molar-refractivity contribution in [1.29, 1.82) is 0 Å². The Morgan fingerprint density at radius 3 is 2.06 bits per heavy atom. The predicted molar refractivity (Wildman–Crippen MR) is 67.4 cm³/mol. The Kier molecular flexibility index (Phi) is 3.91. The zero-order valence-electron chi connectivity index (χ0n) is 10.8. The number of hydrogen-bond acceptors (Lipinski definition) is 2. The molecule has 2 saturated carbocycles. The molecule has 0 aromatic rings. The maximum absolute atomic E-state index is 9.74. The average Bonchev–Trinajstić information content (AvgIpc) is 2.20. The lowest BCUT2D eigenvalue weighted by molar-refractivity contribution is -0.0766. The van der Waals surface area contributed by atoms with E-state index in [1.807, 2.05) is 0 Å². The van der Waals surface area contributed by atoms with Crippen molar-refractivity contribution in [2.24, 2.45) is 5.41 Å². The van der Waals surface area contributed by atoms with Crippen LogP contribution < -0.4 is 5.32 Å². The summed E-state index contributed by atoms with van der Waals surface area (Å²) >= 11 is 0. The SMILES string of the molecule is CC1(C)C(O)CC1NC1CCCCCCC1. The summed E-state index contributed by atoms with van der Waals surface area (Å²) in [5.74, 6) is 0. The second-order valence-electron chi connectivity index (χ2n) is 6.33. The van der Waals surface area contributed by atoms with Gasteiger partial charge in [0.15, 0.2) is 0 Å². The van der Waals surface area contributed by atoms with Crippen molar-refractivity contribution in [2.75, 3.05) is 0 Å². The van der Waals surface area contributed by atoms with E-state index in [0.717, 1.165) is 6.42 Å². The Bertz CT molecular complexity index is 219. The molecule has 0 aromatic carbocycles. The number of aliphatic hydroxyl groups excluding tert-OH is 1. The van der Waals surface area contributed by atoms with Crippen molar-refractivity contribution in [1.82, 2.24) is 5.32 Å². The van der Waals surface area contributed by atoms with E-state index in [4.69, 9.17) is 0 Å². The highest BCUT2D eigenvalue weighted by Crippen LogP contribution is 2.41. The van der Waals surface area contributed by atoms with Crippen LogP contribution in [0.3, 0.4) is 0 Å². The molecule has 0 aliphatic heterocycles. The molecule has 2 nitrogen and oxygen atoms in total. The Morgan fingerprint density at radius 2 is 1.56 bits per heavy atom. The molecule has 0 radical (unpaired) electrons. The third-order valence-electron chi connectivity index (χ3n) is 4.76. The molecule has 0 bridgehead atoms. The van der Waals surface area contributed by atoms with E-state index >= 15 is 0 Å². The molecule has 2 unspecified atom stereocenters. The van der Waals surface area contributed by atoms with E-state index in [0.29, 0.717) is 12.1 Å². The van der Waals surface area contributed by atoms with Crippen LogP contribution in [0.15, 0.2) is 0 Å². The maximum Gasteiger partial charge on any atom is 0.0621 e. The number of aliphatic hydroxyl groups is 1. The van der Waals surface area contributed by atoms with Gasteiger partial charge in [0.05, 0.1) is 6.10 Å². The quantitative estimate of drug-likeness (QED) is 0.757. The number of nitrogens with one attached hydrogen (secondary N) is 1. The molecule has 0 aromatic heterocycles. The highest BCUT2D eigenvalue weighted by atomic mass is 16.3. The normalized spacial score (nSPS) is 36.2. The zero-order chi connectivity index (χ0) is 11.6. The van der Waals surface area contributed by atoms with Crippen molar-refractivity contribution < 1.29 is 5.11 Å². The van der Waals surface area contributed by atoms with Gasteiger partial charge in [-0.3, -0.25) is 0 Å². The number of hydrogen-bond donors (Lipinski definition) is 2. The summed E-state index contributed by atoms with van der Waals surface area (Å²) in [7, 11) is 0. The second-order valence-corrected chi connectivity index (χ2v) is 6.33. The van der Waals surface area contributed by atoms with Crippen LogP contribution in [0.1, 0.15) is 65.2 Å². The first-order valence-electron chi connectivity index (χ1n) is 7.05.